The van der Waals surface area contributed by atoms with Gasteiger partial charge < -0.3 is 4.74 Å². The van der Waals surface area contributed by atoms with Crippen LogP contribution in [0, 0.1) is 5.41 Å². The quantitative estimate of drug-likeness (QED) is 0.637. The van der Waals surface area contributed by atoms with Gasteiger partial charge in [-0.05, 0) is 43.9 Å². The van der Waals surface area contributed by atoms with Crippen LogP contribution in [0.1, 0.15) is 51.4 Å². The summed E-state index contributed by atoms with van der Waals surface area (Å²) in [6.07, 6.45) is 11.2. The van der Waals surface area contributed by atoms with Crippen LogP contribution in [0.15, 0.2) is 0 Å². The van der Waals surface area contributed by atoms with Gasteiger partial charge in [0.25, 0.3) is 0 Å². The molecule has 0 N–H and O–H groups in total. The molecule has 0 aromatic heterocycles. The van der Waals surface area contributed by atoms with E-state index >= 15 is 0 Å². The molecule has 0 aromatic rings. The average Bonchev–Trinajstić information content (AvgIpc) is 2.62. The van der Waals surface area contributed by atoms with E-state index in [2.05, 4.69) is 0 Å². The van der Waals surface area contributed by atoms with Crippen molar-refractivity contribution in [3.63, 3.8) is 0 Å². The molecule has 1 saturated heterocycles. The van der Waals surface area contributed by atoms with Gasteiger partial charge >= 0.3 is 0 Å². The standard InChI is InChI=1S/C12H21ClO/c13-10-12(7-3-8-12)6-1-4-11-5-2-9-14-11/h11H,1-10H2. The van der Waals surface area contributed by atoms with Gasteiger partial charge in [0.05, 0.1) is 6.10 Å². The van der Waals surface area contributed by atoms with Gasteiger partial charge in [-0.2, -0.15) is 0 Å². The monoisotopic (exact) mass is 216 g/mol. The molecular weight excluding hydrogens is 196 g/mol. The Morgan fingerprint density at radius 3 is 2.64 bits per heavy atom. The molecule has 1 aliphatic carbocycles. The Morgan fingerprint density at radius 1 is 1.29 bits per heavy atom. The summed E-state index contributed by atoms with van der Waals surface area (Å²) in [6, 6.07) is 0. The first-order valence-electron chi connectivity index (χ1n) is 6.02. The lowest BCUT2D eigenvalue weighted by Gasteiger charge is -2.40. The first-order chi connectivity index (χ1) is 6.85. The van der Waals surface area contributed by atoms with Gasteiger partial charge in [0.2, 0.25) is 0 Å². The fourth-order valence-corrected chi connectivity index (χ4v) is 3.10. The molecule has 2 heteroatoms. The van der Waals surface area contributed by atoms with Crippen molar-refractivity contribution in [2.45, 2.75) is 57.5 Å². The smallest absolute Gasteiger partial charge is 0.0576 e. The number of halogens is 1. The van der Waals surface area contributed by atoms with E-state index in [0.717, 1.165) is 12.5 Å². The minimum Gasteiger partial charge on any atom is -0.378 e. The largest absolute Gasteiger partial charge is 0.378 e. The summed E-state index contributed by atoms with van der Waals surface area (Å²) in [4.78, 5) is 0. The van der Waals surface area contributed by atoms with E-state index in [1.165, 1.54) is 51.4 Å². The Hall–Kier alpha value is 0.250. The summed E-state index contributed by atoms with van der Waals surface area (Å²) in [7, 11) is 0. The zero-order valence-electron chi connectivity index (χ0n) is 8.93. The van der Waals surface area contributed by atoms with E-state index < -0.39 is 0 Å². The van der Waals surface area contributed by atoms with E-state index in [0.29, 0.717) is 11.5 Å². The van der Waals surface area contributed by atoms with Crippen molar-refractivity contribution in [1.29, 1.82) is 0 Å². The maximum atomic E-state index is 6.02. The van der Waals surface area contributed by atoms with Crippen molar-refractivity contribution in [2.75, 3.05) is 12.5 Å². The van der Waals surface area contributed by atoms with Crippen LogP contribution in [0.2, 0.25) is 0 Å². The molecule has 14 heavy (non-hydrogen) atoms. The summed E-state index contributed by atoms with van der Waals surface area (Å²) in [5, 5.41) is 0. The third-order valence-electron chi connectivity index (χ3n) is 3.95. The number of ether oxygens (including phenoxy) is 1. The van der Waals surface area contributed by atoms with Gasteiger partial charge in [-0.3, -0.25) is 0 Å². The molecule has 0 radical (unpaired) electrons. The normalized spacial score (nSPS) is 30.2. The van der Waals surface area contributed by atoms with Crippen molar-refractivity contribution in [2.24, 2.45) is 5.41 Å². The number of rotatable bonds is 5. The van der Waals surface area contributed by atoms with Crippen molar-refractivity contribution in [1.82, 2.24) is 0 Å². The molecule has 82 valence electrons. The molecule has 1 nitrogen and oxygen atoms in total. The lowest BCUT2D eigenvalue weighted by molar-refractivity contribution is 0.0891. The summed E-state index contributed by atoms with van der Waals surface area (Å²) in [6.45, 7) is 0.991. The predicted molar refractivity (Wildman–Crippen MR) is 59.8 cm³/mol. The Kier molecular flexibility index (Phi) is 3.73. The lowest BCUT2D eigenvalue weighted by atomic mass is 9.67. The Balaban J connectivity index is 1.61. The fraction of sp³-hybridized carbons (Fsp3) is 1.00. The first-order valence-corrected chi connectivity index (χ1v) is 6.56. The third-order valence-corrected chi connectivity index (χ3v) is 4.52. The zero-order chi connectivity index (χ0) is 9.86. The van der Waals surface area contributed by atoms with Crippen molar-refractivity contribution >= 4 is 11.6 Å². The molecular formula is C12H21ClO. The van der Waals surface area contributed by atoms with E-state index in [-0.39, 0.29) is 0 Å². The molecule has 0 aromatic carbocycles. The first kappa shape index (κ1) is 10.8. The molecule has 1 unspecified atom stereocenters. The fourth-order valence-electron chi connectivity index (χ4n) is 2.70. The molecule has 1 saturated carbocycles. The topological polar surface area (TPSA) is 9.23 Å². The van der Waals surface area contributed by atoms with Crippen LogP contribution < -0.4 is 0 Å². The van der Waals surface area contributed by atoms with Gasteiger partial charge in [0, 0.05) is 12.5 Å². The van der Waals surface area contributed by atoms with Crippen LogP contribution in [0.5, 0.6) is 0 Å². The minimum absolute atomic E-state index is 0.528. The lowest BCUT2D eigenvalue weighted by Crippen LogP contribution is -2.31. The van der Waals surface area contributed by atoms with E-state index in [1.54, 1.807) is 0 Å². The summed E-state index contributed by atoms with van der Waals surface area (Å²) >= 11 is 6.02. The highest BCUT2D eigenvalue weighted by Crippen LogP contribution is 2.46. The average molecular weight is 217 g/mol. The van der Waals surface area contributed by atoms with Crippen molar-refractivity contribution < 1.29 is 4.74 Å². The number of alkyl halides is 1. The molecule has 1 atom stereocenters. The molecule has 1 heterocycles. The summed E-state index contributed by atoms with van der Waals surface area (Å²) in [5.41, 5.74) is 0.528. The van der Waals surface area contributed by atoms with Crippen LogP contribution in [0.4, 0.5) is 0 Å². The third kappa shape index (κ3) is 2.43. The maximum Gasteiger partial charge on any atom is 0.0576 e. The second-order valence-corrected chi connectivity index (χ2v) is 5.28. The summed E-state index contributed by atoms with van der Waals surface area (Å²) < 4.78 is 5.62. The van der Waals surface area contributed by atoms with Crippen LogP contribution >= 0.6 is 11.6 Å². The SMILES string of the molecule is ClCC1(CCCC2CCCO2)CCC1. The Morgan fingerprint density at radius 2 is 2.14 bits per heavy atom. The van der Waals surface area contributed by atoms with Crippen LogP contribution in [0.25, 0.3) is 0 Å². The zero-order valence-corrected chi connectivity index (χ0v) is 9.69. The predicted octanol–water partition coefficient (Wildman–Crippen LogP) is 3.74. The highest BCUT2D eigenvalue weighted by Gasteiger charge is 2.35. The molecule has 2 aliphatic rings. The molecule has 0 spiro atoms. The van der Waals surface area contributed by atoms with E-state index in [9.17, 15) is 0 Å². The minimum atomic E-state index is 0.528. The Bertz CT molecular complexity index is 166. The highest BCUT2D eigenvalue weighted by atomic mass is 35.5. The molecule has 0 amide bonds. The van der Waals surface area contributed by atoms with E-state index in [1.807, 2.05) is 0 Å². The van der Waals surface area contributed by atoms with Gasteiger partial charge in [0.15, 0.2) is 0 Å². The van der Waals surface area contributed by atoms with Crippen molar-refractivity contribution in [3.8, 4) is 0 Å². The second-order valence-electron chi connectivity index (χ2n) is 5.01. The van der Waals surface area contributed by atoms with Crippen molar-refractivity contribution in [3.05, 3.63) is 0 Å². The van der Waals surface area contributed by atoms with Crippen LogP contribution in [-0.4, -0.2) is 18.6 Å². The van der Waals surface area contributed by atoms with Crippen LogP contribution in [0.3, 0.4) is 0 Å². The molecule has 1 aliphatic heterocycles. The van der Waals surface area contributed by atoms with Gasteiger partial charge in [-0.15, -0.1) is 11.6 Å². The van der Waals surface area contributed by atoms with Gasteiger partial charge in [0.1, 0.15) is 0 Å². The maximum absolute atomic E-state index is 6.02. The molecule has 2 rings (SSSR count). The van der Waals surface area contributed by atoms with Crippen LogP contribution in [-0.2, 0) is 4.74 Å². The second kappa shape index (κ2) is 4.85. The molecule has 2 fully saturated rings. The number of hydrogen-bond acceptors (Lipinski definition) is 1. The summed E-state index contributed by atoms with van der Waals surface area (Å²) in [5.74, 6) is 0.874. The molecule has 0 bridgehead atoms. The van der Waals surface area contributed by atoms with Gasteiger partial charge in [-0.25, -0.2) is 0 Å². The van der Waals surface area contributed by atoms with Gasteiger partial charge in [-0.1, -0.05) is 12.8 Å². The number of hydrogen-bond donors (Lipinski definition) is 0. The van der Waals surface area contributed by atoms with E-state index in [4.69, 9.17) is 16.3 Å². The Labute approximate surface area is 92.2 Å². The highest BCUT2D eigenvalue weighted by molar-refractivity contribution is 6.18.